The molecule has 0 radical (unpaired) electrons. The van der Waals surface area contributed by atoms with E-state index in [4.69, 9.17) is 15.7 Å². The highest BCUT2D eigenvalue weighted by Crippen LogP contribution is 2.26. The highest BCUT2D eigenvalue weighted by atomic mass is 16.5. The minimum absolute atomic E-state index is 0.641. The van der Waals surface area contributed by atoms with Crippen LogP contribution in [0.2, 0.25) is 0 Å². The monoisotopic (exact) mass is 188 g/mol. The lowest BCUT2D eigenvalue weighted by Crippen LogP contribution is -2.09. The van der Waals surface area contributed by atoms with E-state index in [0.29, 0.717) is 5.75 Å². The molecule has 3 nitrogen and oxygen atoms in total. The van der Waals surface area contributed by atoms with E-state index < -0.39 is 6.04 Å². The molecule has 0 heterocycles. The third kappa shape index (κ3) is 1.76. The van der Waals surface area contributed by atoms with Crippen molar-refractivity contribution in [2.24, 2.45) is 5.73 Å². The third-order valence-electron chi connectivity index (χ3n) is 2.00. The highest BCUT2D eigenvalue weighted by molar-refractivity contribution is 5.61. The van der Waals surface area contributed by atoms with Crippen LogP contribution in [0.25, 0.3) is 6.08 Å². The average molecular weight is 188 g/mol. The maximum atomic E-state index is 8.72. The van der Waals surface area contributed by atoms with E-state index in [9.17, 15) is 0 Å². The van der Waals surface area contributed by atoms with Crippen molar-refractivity contribution >= 4 is 6.08 Å². The number of methoxy groups -OCH3 is 1. The normalized spacial score (nSPS) is 11.5. The fourth-order valence-electron chi connectivity index (χ4n) is 1.30. The Morgan fingerprint density at radius 1 is 1.64 bits per heavy atom. The molecule has 0 spiro atoms. The number of rotatable bonds is 3. The lowest BCUT2D eigenvalue weighted by Gasteiger charge is -2.11. The summed E-state index contributed by atoms with van der Waals surface area (Å²) < 4.78 is 5.14. The van der Waals surface area contributed by atoms with Crippen molar-refractivity contribution in [2.45, 2.75) is 6.04 Å². The standard InChI is InChI=1S/C11H12N2O/c1-3-8-9(10(13)7-12)5-4-6-11(8)14-2/h3-6,10H,1,13H2,2H3. The van der Waals surface area contributed by atoms with Crippen LogP contribution in [0.1, 0.15) is 17.2 Å². The van der Waals surface area contributed by atoms with Gasteiger partial charge >= 0.3 is 0 Å². The predicted molar refractivity (Wildman–Crippen MR) is 55.6 cm³/mol. The molecule has 72 valence electrons. The summed E-state index contributed by atoms with van der Waals surface area (Å²) in [6.07, 6.45) is 1.64. The zero-order chi connectivity index (χ0) is 10.6. The quantitative estimate of drug-likeness (QED) is 0.787. The number of benzene rings is 1. The van der Waals surface area contributed by atoms with Crippen LogP contribution in [-0.2, 0) is 0 Å². The van der Waals surface area contributed by atoms with Crippen LogP contribution in [0.15, 0.2) is 24.8 Å². The van der Waals surface area contributed by atoms with Crippen molar-refractivity contribution in [2.75, 3.05) is 7.11 Å². The van der Waals surface area contributed by atoms with Crippen molar-refractivity contribution in [3.05, 3.63) is 35.9 Å². The van der Waals surface area contributed by atoms with E-state index in [2.05, 4.69) is 6.58 Å². The second-order valence-corrected chi connectivity index (χ2v) is 2.77. The van der Waals surface area contributed by atoms with Crippen molar-refractivity contribution < 1.29 is 4.74 Å². The Balaban J connectivity index is 3.30. The van der Waals surface area contributed by atoms with Crippen LogP contribution >= 0.6 is 0 Å². The molecule has 0 amide bonds. The van der Waals surface area contributed by atoms with Gasteiger partial charge in [0.25, 0.3) is 0 Å². The van der Waals surface area contributed by atoms with Gasteiger partial charge in [0.15, 0.2) is 0 Å². The molecule has 0 aliphatic heterocycles. The lowest BCUT2D eigenvalue weighted by atomic mass is 10.0. The van der Waals surface area contributed by atoms with E-state index in [1.54, 1.807) is 25.3 Å². The SMILES string of the molecule is C=Cc1c(OC)cccc1C(N)C#N. The van der Waals surface area contributed by atoms with E-state index in [1.807, 2.05) is 12.1 Å². The number of nitrogens with zero attached hydrogens (tertiary/aromatic N) is 1. The zero-order valence-electron chi connectivity index (χ0n) is 8.03. The fraction of sp³-hybridized carbons (Fsp3) is 0.182. The Morgan fingerprint density at radius 3 is 2.86 bits per heavy atom. The molecule has 1 atom stereocenters. The minimum Gasteiger partial charge on any atom is -0.496 e. The second kappa shape index (κ2) is 4.45. The fourth-order valence-corrected chi connectivity index (χ4v) is 1.30. The summed E-state index contributed by atoms with van der Waals surface area (Å²) in [6, 6.07) is 6.75. The van der Waals surface area contributed by atoms with E-state index >= 15 is 0 Å². The van der Waals surface area contributed by atoms with E-state index in [-0.39, 0.29) is 0 Å². The van der Waals surface area contributed by atoms with Gasteiger partial charge in [0, 0.05) is 5.56 Å². The van der Waals surface area contributed by atoms with E-state index in [1.165, 1.54) is 0 Å². The Morgan fingerprint density at radius 2 is 2.36 bits per heavy atom. The van der Waals surface area contributed by atoms with Crippen molar-refractivity contribution in [1.29, 1.82) is 5.26 Å². The average Bonchev–Trinajstić information content (AvgIpc) is 2.26. The van der Waals surface area contributed by atoms with Crippen molar-refractivity contribution in [3.8, 4) is 11.8 Å². The number of hydrogen-bond acceptors (Lipinski definition) is 3. The van der Waals surface area contributed by atoms with Crippen LogP contribution < -0.4 is 10.5 Å². The Kier molecular flexibility index (Phi) is 3.27. The molecule has 0 bridgehead atoms. The van der Waals surface area contributed by atoms with Crippen LogP contribution in [0.4, 0.5) is 0 Å². The molecule has 0 saturated heterocycles. The van der Waals surface area contributed by atoms with Crippen LogP contribution in [-0.4, -0.2) is 7.11 Å². The topological polar surface area (TPSA) is 59.0 Å². The molecule has 14 heavy (non-hydrogen) atoms. The van der Waals surface area contributed by atoms with Crippen LogP contribution in [0.5, 0.6) is 5.75 Å². The summed E-state index contributed by atoms with van der Waals surface area (Å²) in [7, 11) is 1.57. The molecule has 0 aromatic heterocycles. The molecule has 0 fully saturated rings. The first-order chi connectivity index (χ1) is 6.74. The molecular formula is C11H12N2O. The van der Waals surface area contributed by atoms with Gasteiger partial charge in [-0.3, -0.25) is 0 Å². The van der Waals surface area contributed by atoms with Gasteiger partial charge in [-0.2, -0.15) is 5.26 Å². The van der Waals surface area contributed by atoms with Gasteiger partial charge in [-0.05, 0) is 11.6 Å². The van der Waals surface area contributed by atoms with Gasteiger partial charge < -0.3 is 10.5 Å². The summed E-state index contributed by atoms with van der Waals surface area (Å²) in [5.41, 5.74) is 7.15. The first-order valence-electron chi connectivity index (χ1n) is 4.19. The number of nitrogens with two attached hydrogens (primary N) is 1. The first kappa shape index (κ1) is 10.3. The Labute approximate surface area is 83.4 Å². The van der Waals surface area contributed by atoms with Gasteiger partial charge in [-0.25, -0.2) is 0 Å². The lowest BCUT2D eigenvalue weighted by molar-refractivity contribution is 0.413. The molecule has 0 saturated carbocycles. The summed E-state index contributed by atoms with van der Waals surface area (Å²) in [4.78, 5) is 0. The first-order valence-corrected chi connectivity index (χ1v) is 4.19. The number of ether oxygens (including phenoxy) is 1. The third-order valence-corrected chi connectivity index (χ3v) is 2.00. The van der Waals surface area contributed by atoms with Gasteiger partial charge in [-0.15, -0.1) is 0 Å². The molecule has 1 unspecified atom stereocenters. The summed E-state index contributed by atoms with van der Waals surface area (Å²) in [5, 5.41) is 8.72. The molecule has 0 aliphatic rings. The van der Waals surface area contributed by atoms with Crippen LogP contribution in [0, 0.1) is 11.3 Å². The number of hydrogen-bond donors (Lipinski definition) is 1. The minimum atomic E-state index is -0.641. The van der Waals surface area contributed by atoms with Crippen LogP contribution in [0.3, 0.4) is 0 Å². The maximum absolute atomic E-state index is 8.72. The number of nitriles is 1. The maximum Gasteiger partial charge on any atom is 0.126 e. The van der Waals surface area contributed by atoms with Gasteiger partial charge in [0.1, 0.15) is 11.8 Å². The summed E-state index contributed by atoms with van der Waals surface area (Å²) in [5.74, 6) is 0.684. The van der Waals surface area contributed by atoms with Gasteiger partial charge in [-0.1, -0.05) is 24.8 Å². The molecule has 1 aromatic rings. The van der Waals surface area contributed by atoms with Crippen molar-refractivity contribution in [3.63, 3.8) is 0 Å². The highest BCUT2D eigenvalue weighted by Gasteiger charge is 2.11. The predicted octanol–water partition coefficient (Wildman–Crippen LogP) is 1.86. The molecule has 0 aliphatic carbocycles. The van der Waals surface area contributed by atoms with Gasteiger partial charge in [0.2, 0.25) is 0 Å². The summed E-state index contributed by atoms with van der Waals surface area (Å²) in [6.45, 7) is 3.67. The zero-order valence-corrected chi connectivity index (χ0v) is 8.03. The second-order valence-electron chi connectivity index (χ2n) is 2.77. The Hall–Kier alpha value is -1.79. The van der Waals surface area contributed by atoms with E-state index in [0.717, 1.165) is 11.1 Å². The van der Waals surface area contributed by atoms with Gasteiger partial charge in [0.05, 0.1) is 13.2 Å². The summed E-state index contributed by atoms with van der Waals surface area (Å²) >= 11 is 0. The van der Waals surface area contributed by atoms with Crippen molar-refractivity contribution in [1.82, 2.24) is 0 Å². The molecule has 3 heteroatoms. The molecule has 2 N–H and O–H groups in total. The molecular weight excluding hydrogens is 176 g/mol. The molecule has 1 rings (SSSR count). The Bertz CT molecular complexity index is 379. The molecule has 1 aromatic carbocycles. The smallest absolute Gasteiger partial charge is 0.126 e. The largest absolute Gasteiger partial charge is 0.496 e.